The third-order valence-corrected chi connectivity index (χ3v) is 1.75. The Kier molecular flexibility index (Phi) is 4.97. The van der Waals surface area contributed by atoms with Gasteiger partial charge in [-0.05, 0) is 19.4 Å². The van der Waals surface area contributed by atoms with Crippen LogP contribution in [0.25, 0.3) is 6.08 Å². The summed E-state index contributed by atoms with van der Waals surface area (Å²) >= 11 is 0. The molecular weight excluding hydrogens is 176 g/mol. The Hall–Kier alpha value is -1.12. The minimum Gasteiger partial charge on any atom is -0.237 e. The van der Waals surface area contributed by atoms with Crippen molar-refractivity contribution in [2.75, 3.05) is 13.2 Å². The molecule has 0 aliphatic carbocycles. The quantitative estimate of drug-likeness (QED) is 0.405. The molecule has 0 aromatic heterocycles. The maximum atomic E-state index is 4.84. The molecule has 0 N–H and O–H groups in total. The highest BCUT2D eigenvalue weighted by Gasteiger charge is 1.86. The predicted molar refractivity (Wildman–Crippen MR) is 57.8 cm³/mol. The first-order valence-corrected chi connectivity index (χ1v) is 4.80. The van der Waals surface area contributed by atoms with Gasteiger partial charge < -0.3 is 0 Å². The van der Waals surface area contributed by atoms with Gasteiger partial charge in [0.25, 0.3) is 0 Å². The van der Waals surface area contributed by atoms with Crippen LogP contribution in [0.3, 0.4) is 0 Å². The highest BCUT2D eigenvalue weighted by Crippen LogP contribution is 2.04. The Labute approximate surface area is 85.1 Å². The molecule has 1 rings (SSSR count). The molecule has 0 aliphatic heterocycles. The molecule has 2 nitrogen and oxygen atoms in total. The highest BCUT2D eigenvalue weighted by molar-refractivity contribution is 5.49. The van der Waals surface area contributed by atoms with Gasteiger partial charge in [0.1, 0.15) is 6.61 Å². The fourth-order valence-electron chi connectivity index (χ4n) is 1.03. The van der Waals surface area contributed by atoms with Gasteiger partial charge in [-0.25, -0.2) is 9.78 Å². The van der Waals surface area contributed by atoms with Gasteiger partial charge in [0, 0.05) is 0 Å². The van der Waals surface area contributed by atoms with Crippen LogP contribution in [0, 0.1) is 6.92 Å². The summed E-state index contributed by atoms with van der Waals surface area (Å²) in [6.07, 6.45) is 3.94. The van der Waals surface area contributed by atoms with Crippen molar-refractivity contribution in [1.29, 1.82) is 0 Å². The molecule has 0 saturated carbocycles. The van der Waals surface area contributed by atoms with Crippen molar-refractivity contribution in [2.24, 2.45) is 0 Å². The third kappa shape index (κ3) is 4.21. The topological polar surface area (TPSA) is 18.5 Å². The van der Waals surface area contributed by atoms with Crippen LogP contribution in [0.5, 0.6) is 0 Å². The minimum absolute atomic E-state index is 0.488. The first-order chi connectivity index (χ1) is 6.83. The largest absolute Gasteiger partial charge is 0.237 e. The fourth-order valence-corrected chi connectivity index (χ4v) is 1.03. The number of benzene rings is 1. The Balaban J connectivity index is 2.33. The second kappa shape index (κ2) is 6.35. The van der Waals surface area contributed by atoms with E-state index in [9.17, 15) is 0 Å². The van der Waals surface area contributed by atoms with Crippen LogP contribution in [0.2, 0.25) is 0 Å². The van der Waals surface area contributed by atoms with Crippen molar-refractivity contribution in [2.45, 2.75) is 13.8 Å². The molecule has 0 spiro atoms. The highest BCUT2D eigenvalue weighted by atomic mass is 17.2. The van der Waals surface area contributed by atoms with Crippen molar-refractivity contribution < 1.29 is 9.78 Å². The lowest BCUT2D eigenvalue weighted by molar-refractivity contribution is -0.282. The molecule has 2 heteroatoms. The van der Waals surface area contributed by atoms with E-state index in [-0.39, 0.29) is 0 Å². The van der Waals surface area contributed by atoms with E-state index in [1.165, 1.54) is 11.1 Å². The molecule has 76 valence electrons. The molecule has 0 fully saturated rings. The maximum Gasteiger partial charge on any atom is 0.101 e. The van der Waals surface area contributed by atoms with E-state index in [0.29, 0.717) is 13.2 Å². The van der Waals surface area contributed by atoms with E-state index < -0.39 is 0 Å². The molecule has 1 aromatic carbocycles. The molecule has 0 heterocycles. The molecular formula is C12H16O2. The Bertz CT molecular complexity index is 275. The van der Waals surface area contributed by atoms with Crippen molar-refractivity contribution in [3.63, 3.8) is 0 Å². The van der Waals surface area contributed by atoms with E-state index in [4.69, 9.17) is 9.78 Å². The molecule has 0 amide bonds. The molecule has 0 unspecified atom stereocenters. The average molecular weight is 192 g/mol. The lowest BCUT2D eigenvalue weighted by Gasteiger charge is -1.97. The van der Waals surface area contributed by atoms with Gasteiger partial charge in [-0.3, -0.25) is 0 Å². The second-order valence-electron chi connectivity index (χ2n) is 3.00. The number of hydrogen-bond acceptors (Lipinski definition) is 2. The predicted octanol–water partition coefficient (Wildman–Crippen LogP) is 2.98. The van der Waals surface area contributed by atoms with E-state index in [0.717, 1.165) is 0 Å². The summed E-state index contributed by atoms with van der Waals surface area (Å²) in [6.45, 7) is 5.04. The van der Waals surface area contributed by atoms with Gasteiger partial charge in [0.15, 0.2) is 0 Å². The number of aryl methyl sites for hydroxylation is 1. The van der Waals surface area contributed by atoms with E-state index in [1.54, 1.807) is 0 Å². The minimum atomic E-state index is 0.488. The molecule has 0 atom stereocenters. The summed E-state index contributed by atoms with van der Waals surface area (Å²) in [6, 6.07) is 8.32. The van der Waals surface area contributed by atoms with Crippen molar-refractivity contribution >= 4 is 6.08 Å². The first-order valence-electron chi connectivity index (χ1n) is 4.80. The Morgan fingerprint density at radius 3 is 2.50 bits per heavy atom. The summed E-state index contributed by atoms with van der Waals surface area (Å²) in [5.74, 6) is 0. The van der Waals surface area contributed by atoms with Crippen molar-refractivity contribution in [3.8, 4) is 0 Å². The standard InChI is InChI=1S/C12H16O2/c1-3-13-14-10-4-5-12-8-6-11(2)7-9-12/h4-9H,3,10H2,1-2H3/b5-4-. The molecule has 14 heavy (non-hydrogen) atoms. The smallest absolute Gasteiger partial charge is 0.101 e. The van der Waals surface area contributed by atoms with Crippen molar-refractivity contribution in [3.05, 3.63) is 41.5 Å². The summed E-state index contributed by atoms with van der Waals surface area (Å²) in [5.41, 5.74) is 2.45. The summed E-state index contributed by atoms with van der Waals surface area (Å²) in [7, 11) is 0. The summed E-state index contributed by atoms with van der Waals surface area (Å²) < 4.78 is 0. The lowest BCUT2D eigenvalue weighted by atomic mass is 10.1. The average Bonchev–Trinajstić information content (AvgIpc) is 2.21. The second-order valence-corrected chi connectivity index (χ2v) is 3.00. The summed E-state index contributed by atoms with van der Waals surface area (Å²) in [5, 5.41) is 0. The van der Waals surface area contributed by atoms with Crippen LogP contribution in [-0.4, -0.2) is 13.2 Å². The maximum absolute atomic E-state index is 4.84. The zero-order valence-corrected chi connectivity index (χ0v) is 8.69. The molecule has 0 bridgehead atoms. The van der Waals surface area contributed by atoms with Gasteiger partial charge in [-0.15, -0.1) is 0 Å². The van der Waals surface area contributed by atoms with Crippen LogP contribution in [-0.2, 0) is 9.78 Å². The van der Waals surface area contributed by atoms with E-state index in [1.807, 2.05) is 19.1 Å². The zero-order chi connectivity index (χ0) is 10.2. The molecule has 0 aliphatic rings. The van der Waals surface area contributed by atoms with Gasteiger partial charge >= 0.3 is 0 Å². The van der Waals surface area contributed by atoms with Crippen LogP contribution < -0.4 is 0 Å². The Morgan fingerprint density at radius 1 is 1.14 bits per heavy atom. The zero-order valence-electron chi connectivity index (χ0n) is 8.69. The monoisotopic (exact) mass is 192 g/mol. The van der Waals surface area contributed by atoms with Crippen LogP contribution in [0.1, 0.15) is 18.1 Å². The van der Waals surface area contributed by atoms with Gasteiger partial charge in [0.05, 0.1) is 6.61 Å². The van der Waals surface area contributed by atoms with Gasteiger partial charge in [-0.1, -0.05) is 42.0 Å². The molecule has 0 saturated heterocycles. The van der Waals surface area contributed by atoms with Crippen molar-refractivity contribution in [1.82, 2.24) is 0 Å². The van der Waals surface area contributed by atoms with Gasteiger partial charge in [0.2, 0.25) is 0 Å². The first kappa shape index (κ1) is 11.0. The van der Waals surface area contributed by atoms with Crippen LogP contribution in [0.15, 0.2) is 30.3 Å². The van der Waals surface area contributed by atoms with Crippen LogP contribution >= 0.6 is 0 Å². The SMILES string of the molecule is CCOOC/C=C\c1ccc(C)cc1. The molecule has 0 radical (unpaired) electrons. The normalized spacial score (nSPS) is 11.0. The van der Waals surface area contributed by atoms with Crippen LogP contribution in [0.4, 0.5) is 0 Å². The fraction of sp³-hybridized carbons (Fsp3) is 0.333. The summed E-state index contributed by atoms with van der Waals surface area (Å²) in [4.78, 5) is 9.58. The number of rotatable bonds is 5. The Morgan fingerprint density at radius 2 is 1.86 bits per heavy atom. The number of hydrogen-bond donors (Lipinski definition) is 0. The lowest BCUT2D eigenvalue weighted by Crippen LogP contribution is -1.92. The van der Waals surface area contributed by atoms with E-state index >= 15 is 0 Å². The van der Waals surface area contributed by atoms with Gasteiger partial charge in [-0.2, -0.15) is 0 Å². The van der Waals surface area contributed by atoms with E-state index in [2.05, 4.69) is 31.2 Å². The third-order valence-electron chi connectivity index (χ3n) is 1.75. The molecule has 1 aromatic rings.